The molecule has 3 rings (SSSR count). The zero-order valence-corrected chi connectivity index (χ0v) is 15.1. The Morgan fingerprint density at radius 3 is 2.64 bits per heavy atom. The van der Waals surface area contributed by atoms with E-state index in [1.165, 1.54) is 7.11 Å². The van der Waals surface area contributed by atoms with Gasteiger partial charge in [0.2, 0.25) is 5.55 Å². The highest BCUT2D eigenvalue weighted by molar-refractivity contribution is 9.10. The van der Waals surface area contributed by atoms with Crippen LogP contribution in [0.3, 0.4) is 0 Å². The van der Waals surface area contributed by atoms with Gasteiger partial charge in [-0.2, -0.15) is 0 Å². The fourth-order valence-corrected chi connectivity index (χ4v) is 2.75. The third kappa shape index (κ3) is 3.51. The van der Waals surface area contributed by atoms with Gasteiger partial charge < -0.3 is 19.2 Å². The largest absolute Gasteiger partial charge is 0.497 e. The van der Waals surface area contributed by atoms with Gasteiger partial charge >= 0.3 is 0 Å². The molecule has 0 unspecified atom stereocenters. The Hall–Kier alpha value is -2.80. The van der Waals surface area contributed by atoms with Gasteiger partial charge in [0.15, 0.2) is 0 Å². The van der Waals surface area contributed by atoms with Gasteiger partial charge in [-0.25, -0.2) is 0 Å². The molecule has 6 nitrogen and oxygen atoms in total. The molecule has 3 aromatic rings. The van der Waals surface area contributed by atoms with E-state index >= 15 is 0 Å². The van der Waals surface area contributed by atoms with Crippen LogP contribution in [0.1, 0.15) is 10.4 Å². The van der Waals surface area contributed by atoms with Crippen LogP contribution in [0.2, 0.25) is 0 Å². The number of halogens is 1. The minimum Gasteiger partial charge on any atom is -0.497 e. The second-order valence-corrected chi connectivity index (χ2v) is 6.11. The fraction of sp³-hybridized carbons (Fsp3) is 0.111. The number of rotatable bonds is 4. The summed E-state index contributed by atoms with van der Waals surface area (Å²) in [5.41, 5.74) is 0.928. The van der Waals surface area contributed by atoms with E-state index in [0.29, 0.717) is 22.8 Å². The van der Waals surface area contributed by atoms with Crippen LogP contribution in [0, 0.1) is 5.41 Å². The van der Waals surface area contributed by atoms with E-state index in [2.05, 4.69) is 21.2 Å². The van der Waals surface area contributed by atoms with Crippen molar-refractivity contribution in [2.24, 2.45) is 0 Å². The molecular weight excluding hydrogens is 388 g/mol. The molecule has 1 amide bonds. The van der Waals surface area contributed by atoms with E-state index in [0.717, 1.165) is 9.86 Å². The minimum absolute atomic E-state index is 0.128. The molecule has 0 spiro atoms. The van der Waals surface area contributed by atoms with Crippen molar-refractivity contribution in [1.82, 2.24) is 0 Å². The van der Waals surface area contributed by atoms with E-state index in [1.807, 2.05) is 12.1 Å². The van der Waals surface area contributed by atoms with Crippen molar-refractivity contribution >= 4 is 38.5 Å². The van der Waals surface area contributed by atoms with E-state index in [-0.39, 0.29) is 11.1 Å². The third-order valence-corrected chi connectivity index (χ3v) is 4.12. The molecule has 0 aliphatic heterocycles. The lowest BCUT2D eigenvalue weighted by atomic mass is 10.1. The summed E-state index contributed by atoms with van der Waals surface area (Å²) in [5.74, 6) is 0.611. The second-order valence-electron chi connectivity index (χ2n) is 5.19. The fourth-order valence-electron chi connectivity index (χ4n) is 2.37. The first-order chi connectivity index (χ1) is 12.0. The van der Waals surface area contributed by atoms with Crippen LogP contribution in [0.5, 0.6) is 11.5 Å². The van der Waals surface area contributed by atoms with Crippen molar-refractivity contribution in [3.05, 3.63) is 58.1 Å². The molecule has 2 N–H and O–H groups in total. The first kappa shape index (κ1) is 17.0. The highest BCUT2D eigenvalue weighted by Crippen LogP contribution is 2.29. The molecule has 2 aromatic carbocycles. The highest BCUT2D eigenvalue weighted by Gasteiger charge is 2.15. The van der Waals surface area contributed by atoms with Gasteiger partial charge in [-0.05, 0) is 36.4 Å². The second kappa shape index (κ2) is 6.98. The number of amides is 1. The summed E-state index contributed by atoms with van der Waals surface area (Å²) < 4.78 is 16.7. The van der Waals surface area contributed by atoms with Crippen molar-refractivity contribution in [2.45, 2.75) is 0 Å². The summed E-state index contributed by atoms with van der Waals surface area (Å²) in [5, 5.41) is 11.4. The van der Waals surface area contributed by atoms with Crippen LogP contribution in [0.4, 0.5) is 5.69 Å². The standard InChI is InChI=1S/C18H15BrN2O4/c1-23-12-4-5-14(16(9-12)24-2)21-18(22)13-8-10-7-11(19)3-6-15(10)25-17(13)20/h3-9,20H,1-2H3,(H,21,22). The van der Waals surface area contributed by atoms with Crippen LogP contribution in [0.15, 0.2) is 51.4 Å². The summed E-state index contributed by atoms with van der Waals surface area (Å²) in [6.45, 7) is 0. The molecule has 0 aliphatic carbocycles. The van der Waals surface area contributed by atoms with E-state index in [1.54, 1.807) is 37.4 Å². The Morgan fingerprint density at radius 2 is 1.92 bits per heavy atom. The molecule has 1 heterocycles. The maximum Gasteiger partial charge on any atom is 0.261 e. The molecule has 128 valence electrons. The molecule has 0 bridgehead atoms. The van der Waals surface area contributed by atoms with Crippen molar-refractivity contribution in [1.29, 1.82) is 5.41 Å². The molecule has 0 radical (unpaired) electrons. The monoisotopic (exact) mass is 402 g/mol. The van der Waals surface area contributed by atoms with Crippen LogP contribution in [-0.2, 0) is 0 Å². The first-order valence-electron chi connectivity index (χ1n) is 7.33. The zero-order chi connectivity index (χ0) is 18.0. The van der Waals surface area contributed by atoms with Gasteiger partial charge in [0.1, 0.15) is 22.6 Å². The van der Waals surface area contributed by atoms with Gasteiger partial charge in [-0.15, -0.1) is 0 Å². The number of fused-ring (bicyclic) bond motifs is 1. The van der Waals surface area contributed by atoms with E-state index in [4.69, 9.17) is 19.3 Å². The minimum atomic E-state index is -0.459. The summed E-state index contributed by atoms with van der Waals surface area (Å²) in [4.78, 5) is 12.6. The summed E-state index contributed by atoms with van der Waals surface area (Å²) in [6.07, 6.45) is 0. The molecule has 7 heteroatoms. The number of methoxy groups -OCH3 is 2. The molecule has 0 fully saturated rings. The van der Waals surface area contributed by atoms with Crippen LogP contribution >= 0.6 is 15.9 Å². The molecule has 25 heavy (non-hydrogen) atoms. The Bertz CT molecular complexity index is 1010. The van der Waals surface area contributed by atoms with Crippen molar-refractivity contribution in [2.75, 3.05) is 19.5 Å². The predicted molar refractivity (Wildman–Crippen MR) is 97.3 cm³/mol. The molecule has 0 atom stereocenters. The summed E-state index contributed by atoms with van der Waals surface area (Å²) >= 11 is 3.38. The molecular formula is C18H15BrN2O4. The van der Waals surface area contributed by atoms with Crippen LogP contribution in [-0.4, -0.2) is 20.1 Å². The van der Waals surface area contributed by atoms with Gasteiger partial charge in [0.25, 0.3) is 5.91 Å². The lowest BCUT2D eigenvalue weighted by Crippen LogP contribution is -2.21. The highest BCUT2D eigenvalue weighted by atomic mass is 79.9. The Balaban J connectivity index is 1.97. The molecule has 0 aliphatic rings. The Kier molecular flexibility index (Phi) is 4.76. The van der Waals surface area contributed by atoms with Gasteiger partial charge in [0, 0.05) is 15.9 Å². The van der Waals surface area contributed by atoms with Gasteiger partial charge in [0.05, 0.1) is 19.9 Å². The number of carbonyl (C=O) groups is 1. The molecule has 0 saturated carbocycles. The summed E-state index contributed by atoms with van der Waals surface area (Å²) in [6, 6.07) is 12.0. The molecule has 0 saturated heterocycles. The Morgan fingerprint density at radius 1 is 1.12 bits per heavy atom. The quantitative estimate of drug-likeness (QED) is 0.691. The van der Waals surface area contributed by atoms with Gasteiger partial charge in [-0.3, -0.25) is 10.2 Å². The SMILES string of the molecule is COc1ccc(NC(=O)c2cc3cc(Br)ccc3oc2=N)c(OC)c1. The predicted octanol–water partition coefficient (Wildman–Crippen LogP) is 3.94. The normalized spacial score (nSPS) is 10.5. The Labute approximate surface area is 152 Å². The lowest BCUT2D eigenvalue weighted by molar-refractivity contribution is 0.102. The third-order valence-electron chi connectivity index (χ3n) is 3.63. The van der Waals surface area contributed by atoms with Crippen molar-refractivity contribution in [3.8, 4) is 11.5 Å². The number of nitrogens with one attached hydrogen (secondary N) is 2. The van der Waals surface area contributed by atoms with E-state index in [9.17, 15) is 4.79 Å². The average Bonchev–Trinajstić information content (AvgIpc) is 2.61. The maximum atomic E-state index is 12.6. The number of hydrogen-bond acceptors (Lipinski definition) is 5. The van der Waals surface area contributed by atoms with Crippen molar-refractivity contribution in [3.63, 3.8) is 0 Å². The van der Waals surface area contributed by atoms with Gasteiger partial charge in [-0.1, -0.05) is 15.9 Å². The molecule has 1 aromatic heterocycles. The van der Waals surface area contributed by atoms with Crippen molar-refractivity contribution < 1.29 is 18.7 Å². The topological polar surface area (TPSA) is 84.5 Å². The van der Waals surface area contributed by atoms with E-state index < -0.39 is 5.91 Å². The first-order valence-corrected chi connectivity index (χ1v) is 8.12. The summed E-state index contributed by atoms with van der Waals surface area (Å²) in [7, 11) is 3.05. The van der Waals surface area contributed by atoms with Crippen LogP contribution < -0.4 is 20.3 Å². The average molecular weight is 403 g/mol. The number of hydrogen-bond donors (Lipinski definition) is 2. The van der Waals surface area contributed by atoms with Crippen LogP contribution in [0.25, 0.3) is 11.0 Å². The zero-order valence-electron chi connectivity index (χ0n) is 13.6. The number of anilines is 1. The number of ether oxygens (including phenoxy) is 2. The maximum absolute atomic E-state index is 12.6. The number of carbonyl (C=O) groups excluding carboxylic acids is 1. The number of benzene rings is 2. The lowest BCUT2D eigenvalue weighted by Gasteiger charge is -2.11. The smallest absolute Gasteiger partial charge is 0.261 e.